The summed E-state index contributed by atoms with van der Waals surface area (Å²) >= 11 is 0. The zero-order valence-electron chi connectivity index (χ0n) is 13.2. The number of anilines is 1. The van der Waals surface area contributed by atoms with Crippen LogP contribution in [0, 0.1) is 17.1 Å². The van der Waals surface area contributed by atoms with E-state index in [2.05, 4.69) is 15.3 Å². The zero-order chi connectivity index (χ0) is 17.8. The number of hydrogen-bond acceptors (Lipinski definition) is 3. The maximum absolute atomic E-state index is 12.6. The third-order valence-electron chi connectivity index (χ3n) is 3.73. The Labute approximate surface area is 142 Å². The number of imidazole rings is 1. The number of amides is 1. The van der Waals surface area contributed by atoms with Gasteiger partial charge in [-0.3, -0.25) is 5.32 Å². The predicted molar refractivity (Wildman–Crippen MR) is 90.8 cm³/mol. The average Bonchev–Trinajstić information content (AvgIpc) is 3.35. The highest BCUT2D eigenvalue weighted by Gasteiger charge is 2.23. The van der Waals surface area contributed by atoms with Gasteiger partial charge >= 0.3 is 6.09 Å². The molecule has 126 valence electrons. The summed E-state index contributed by atoms with van der Waals surface area (Å²) in [5.41, 5.74) is 2.89. The van der Waals surface area contributed by atoms with E-state index >= 15 is 0 Å². The molecule has 25 heavy (non-hydrogen) atoms. The normalized spacial score (nSPS) is 12.8. The van der Waals surface area contributed by atoms with Crippen molar-refractivity contribution in [2.45, 2.75) is 18.8 Å². The summed E-state index contributed by atoms with van der Waals surface area (Å²) in [5, 5.41) is 19.2. The summed E-state index contributed by atoms with van der Waals surface area (Å²) < 4.78 is 12.6. The zero-order valence-corrected chi connectivity index (χ0v) is 13.2. The minimum atomic E-state index is -1.19. The van der Waals surface area contributed by atoms with Crippen LogP contribution in [0.4, 0.5) is 15.1 Å². The number of nitrogens with one attached hydrogen (secondary N) is 2. The second kappa shape index (κ2) is 7.01. The van der Waals surface area contributed by atoms with E-state index in [-0.39, 0.29) is 11.8 Å². The van der Waals surface area contributed by atoms with Gasteiger partial charge in [0.15, 0.2) is 0 Å². The van der Waals surface area contributed by atoms with Crippen molar-refractivity contribution in [1.82, 2.24) is 9.97 Å². The number of carbonyl (C=O) groups is 1. The van der Waals surface area contributed by atoms with E-state index < -0.39 is 6.09 Å². The molecule has 1 aliphatic rings. The van der Waals surface area contributed by atoms with Crippen molar-refractivity contribution in [3.05, 3.63) is 59.4 Å². The van der Waals surface area contributed by atoms with Crippen LogP contribution in [0.25, 0.3) is 11.0 Å². The number of nitriles is 1. The molecule has 1 aliphatic carbocycles. The van der Waals surface area contributed by atoms with Crippen molar-refractivity contribution in [3.8, 4) is 6.07 Å². The highest BCUT2D eigenvalue weighted by Crippen LogP contribution is 2.39. The van der Waals surface area contributed by atoms with Gasteiger partial charge in [-0.1, -0.05) is 12.1 Å². The molecule has 0 radical (unpaired) electrons. The number of halogens is 1. The molecule has 2 aromatic carbocycles. The van der Waals surface area contributed by atoms with Gasteiger partial charge in [-0.05, 0) is 54.7 Å². The maximum Gasteiger partial charge on any atom is 0.411 e. The van der Waals surface area contributed by atoms with Gasteiger partial charge in [0.05, 0.1) is 22.7 Å². The Morgan fingerprint density at radius 1 is 1.32 bits per heavy atom. The van der Waals surface area contributed by atoms with Crippen molar-refractivity contribution in [2.75, 3.05) is 5.32 Å². The van der Waals surface area contributed by atoms with Crippen LogP contribution in [-0.4, -0.2) is 21.2 Å². The van der Waals surface area contributed by atoms with E-state index in [1.807, 2.05) is 12.1 Å². The lowest BCUT2D eigenvalue weighted by Gasteiger charge is -1.94. The molecule has 0 unspecified atom stereocenters. The van der Waals surface area contributed by atoms with E-state index in [1.165, 1.54) is 24.5 Å². The third kappa shape index (κ3) is 4.32. The van der Waals surface area contributed by atoms with E-state index in [9.17, 15) is 9.18 Å². The Bertz CT molecular complexity index is 957. The molecular weight excluding hydrogens is 323 g/mol. The van der Waals surface area contributed by atoms with Crippen LogP contribution in [0.2, 0.25) is 0 Å². The second-order valence-corrected chi connectivity index (χ2v) is 5.69. The molecule has 3 aromatic rings. The molecule has 1 fully saturated rings. The number of H-pyrrole nitrogens is 1. The molecule has 1 saturated carbocycles. The van der Waals surface area contributed by atoms with Gasteiger partial charge in [0.1, 0.15) is 5.82 Å². The monoisotopic (exact) mass is 338 g/mol. The largest absolute Gasteiger partial charge is 0.465 e. The molecule has 1 aromatic heterocycles. The van der Waals surface area contributed by atoms with E-state index in [0.29, 0.717) is 22.5 Å². The number of carboxylic acid groups (broad SMARTS) is 1. The lowest BCUT2D eigenvalue weighted by atomic mass is 10.1. The first-order valence-corrected chi connectivity index (χ1v) is 7.70. The fourth-order valence-corrected chi connectivity index (χ4v) is 2.42. The third-order valence-corrected chi connectivity index (χ3v) is 3.73. The van der Waals surface area contributed by atoms with Crippen LogP contribution in [0.3, 0.4) is 0 Å². The smallest absolute Gasteiger partial charge is 0.411 e. The van der Waals surface area contributed by atoms with Crippen molar-refractivity contribution in [1.29, 1.82) is 5.26 Å². The summed E-state index contributed by atoms with van der Waals surface area (Å²) in [6.45, 7) is 0. The topological polar surface area (TPSA) is 102 Å². The van der Waals surface area contributed by atoms with Crippen molar-refractivity contribution in [3.63, 3.8) is 0 Å². The van der Waals surface area contributed by atoms with E-state index in [0.717, 1.165) is 0 Å². The fraction of sp³-hybridized carbons (Fsp3) is 0.167. The van der Waals surface area contributed by atoms with Gasteiger partial charge in [-0.15, -0.1) is 0 Å². The van der Waals surface area contributed by atoms with E-state index in [1.54, 1.807) is 30.3 Å². The molecule has 1 heterocycles. The number of benzene rings is 2. The van der Waals surface area contributed by atoms with Crippen LogP contribution in [-0.2, 0) is 0 Å². The molecule has 0 saturated heterocycles. The molecule has 7 heteroatoms. The maximum atomic E-state index is 12.6. The molecule has 0 aliphatic heterocycles. The number of aromatic nitrogens is 2. The Hall–Kier alpha value is -3.40. The summed E-state index contributed by atoms with van der Waals surface area (Å²) in [6.07, 6.45) is 1.29. The van der Waals surface area contributed by atoms with Gasteiger partial charge < -0.3 is 10.1 Å². The minimum Gasteiger partial charge on any atom is -0.465 e. The summed E-state index contributed by atoms with van der Waals surface area (Å²) in [7, 11) is 0. The van der Waals surface area contributed by atoms with Gasteiger partial charge in [0.2, 0.25) is 5.95 Å². The minimum absolute atomic E-state index is 0.107. The van der Waals surface area contributed by atoms with Crippen LogP contribution in [0.5, 0.6) is 0 Å². The second-order valence-electron chi connectivity index (χ2n) is 5.69. The Balaban J connectivity index is 0.000000157. The van der Waals surface area contributed by atoms with Crippen LogP contribution >= 0.6 is 0 Å². The van der Waals surface area contributed by atoms with Gasteiger partial charge in [0.25, 0.3) is 0 Å². The first-order chi connectivity index (χ1) is 12.0. The molecule has 4 rings (SSSR count). The van der Waals surface area contributed by atoms with Crippen LogP contribution < -0.4 is 5.32 Å². The molecule has 6 nitrogen and oxygen atoms in total. The molecule has 1 amide bonds. The Kier molecular flexibility index (Phi) is 4.61. The van der Waals surface area contributed by atoms with Gasteiger partial charge in [0, 0.05) is 0 Å². The number of rotatable bonds is 2. The summed E-state index contributed by atoms with van der Waals surface area (Å²) in [4.78, 5) is 17.1. The van der Waals surface area contributed by atoms with Crippen LogP contribution in [0.15, 0.2) is 42.5 Å². The molecule has 3 N–H and O–H groups in total. The number of nitrogens with zero attached hydrogens (tertiary/aromatic N) is 2. The predicted octanol–water partition coefficient (Wildman–Crippen LogP) is 4.23. The fourth-order valence-electron chi connectivity index (χ4n) is 2.42. The highest BCUT2D eigenvalue weighted by molar-refractivity contribution is 5.85. The highest BCUT2D eigenvalue weighted by atomic mass is 19.1. The first-order valence-electron chi connectivity index (χ1n) is 7.70. The summed E-state index contributed by atoms with van der Waals surface area (Å²) in [6, 6.07) is 13.8. The lowest BCUT2D eigenvalue weighted by molar-refractivity contribution is 0.209. The SMILES string of the molecule is Fc1cccc(C2CC2)c1.N#Cc1ccc2nc(NC(=O)O)[nH]c2c1. The van der Waals surface area contributed by atoms with Gasteiger partial charge in [-0.2, -0.15) is 5.26 Å². The molecule has 0 spiro atoms. The lowest BCUT2D eigenvalue weighted by Crippen LogP contribution is -2.08. The van der Waals surface area contributed by atoms with Crippen molar-refractivity contribution in [2.24, 2.45) is 0 Å². The number of aromatic amines is 1. The average molecular weight is 338 g/mol. The number of fused-ring (bicyclic) bond motifs is 1. The van der Waals surface area contributed by atoms with Crippen molar-refractivity contribution < 1.29 is 14.3 Å². The Morgan fingerprint density at radius 3 is 2.76 bits per heavy atom. The summed E-state index contributed by atoms with van der Waals surface area (Å²) in [5.74, 6) is 0.702. The molecule has 0 bridgehead atoms. The Morgan fingerprint density at radius 2 is 2.12 bits per heavy atom. The number of hydrogen-bond donors (Lipinski definition) is 3. The van der Waals surface area contributed by atoms with Crippen LogP contribution in [0.1, 0.15) is 29.9 Å². The van der Waals surface area contributed by atoms with Crippen molar-refractivity contribution >= 4 is 23.1 Å². The molecule has 0 atom stereocenters. The van der Waals surface area contributed by atoms with Gasteiger partial charge in [-0.25, -0.2) is 14.2 Å². The first kappa shape index (κ1) is 16.5. The standard InChI is InChI=1S/C9H9F.C9H6N4O2/c10-9-3-1-2-8(6-9)7-4-5-7;10-4-5-1-2-6-7(3-5)12-8(11-6)13-9(14)15/h1-3,6-7H,4-5H2;1-3H,(H,14,15)(H2,11,12,13). The quantitative estimate of drug-likeness (QED) is 0.651. The molecular formula is C18H15FN4O2. The van der Waals surface area contributed by atoms with E-state index in [4.69, 9.17) is 10.4 Å².